The van der Waals surface area contributed by atoms with E-state index in [1.807, 2.05) is 30.3 Å². The van der Waals surface area contributed by atoms with Gasteiger partial charge >= 0.3 is 11.7 Å². The number of esters is 1. The number of H-pyrrole nitrogens is 1. The molecule has 3 N–H and O–H groups in total. The second kappa shape index (κ2) is 8.45. The maximum atomic E-state index is 12.3. The largest absolute Gasteiger partial charge is 0.465 e. The molecule has 3 aromatic rings. The molecule has 7 nitrogen and oxygen atoms in total. The molecule has 3 atom stereocenters. The number of nitrogens with one attached hydrogen (secondary N) is 2. The van der Waals surface area contributed by atoms with Crippen molar-refractivity contribution >= 4 is 17.0 Å². The fraction of sp³-hybridized carbons (Fsp3) is 0.391. The molecule has 1 unspecified atom stereocenters. The Kier molecular flexibility index (Phi) is 5.74. The number of nitrogens with zero attached hydrogens (tertiary/aromatic N) is 1. The minimum atomic E-state index is -0.681. The maximum absolute atomic E-state index is 12.3. The lowest BCUT2D eigenvalue weighted by Crippen LogP contribution is -2.41. The summed E-state index contributed by atoms with van der Waals surface area (Å²) in [5.74, 6) is -0.335. The number of aliphatic hydroxyl groups excluding tert-OH is 1. The van der Waals surface area contributed by atoms with Gasteiger partial charge in [0.2, 0.25) is 0 Å². The van der Waals surface area contributed by atoms with Gasteiger partial charge in [-0.15, -0.1) is 0 Å². The Hall–Kier alpha value is -2.90. The molecule has 0 saturated heterocycles. The number of aliphatic hydroxyl groups is 1. The Morgan fingerprint density at radius 2 is 2.07 bits per heavy atom. The van der Waals surface area contributed by atoms with Gasteiger partial charge in [-0.3, -0.25) is 4.57 Å². The zero-order chi connectivity index (χ0) is 21.3. The molecule has 0 amide bonds. The summed E-state index contributed by atoms with van der Waals surface area (Å²) in [5.41, 5.74) is 3.91. The van der Waals surface area contributed by atoms with E-state index < -0.39 is 6.10 Å². The highest BCUT2D eigenvalue weighted by Crippen LogP contribution is 2.30. The van der Waals surface area contributed by atoms with E-state index in [0.717, 1.165) is 35.0 Å². The van der Waals surface area contributed by atoms with Crippen molar-refractivity contribution in [3.05, 3.63) is 69.6 Å². The summed E-state index contributed by atoms with van der Waals surface area (Å²) in [6, 6.07) is 13.1. The molecule has 30 heavy (non-hydrogen) atoms. The molecule has 0 spiro atoms. The van der Waals surface area contributed by atoms with Crippen molar-refractivity contribution in [1.29, 1.82) is 0 Å². The van der Waals surface area contributed by atoms with Crippen LogP contribution in [0.3, 0.4) is 0 Å². The van der Waals surface area contributed by atoms with Gasteiger partial charge in [-0.05, 0) is 49.9 Å². The third-order valence-corrected chi connectivity index (χ3v) is 5.93. The van der Waals surface area contributed by atoms with Crippen LogP contribution >= 0.6 is 0 Å². The van der Waals surface area contributed by atoms with Crippen LogP contribution in [0.2, 0.25) is 0 Å². The predicted molar refractivity (Wildman–Crippen MR) is 115 cm³/mol. The van der Waals surface area contributed by atoms with Crippen LogP contribution < -0.4 is 11.0 Å². The lowest BCUT2D eigenvalue weighted by atomic mass is 9.98. The number of rotatable bonds is 6. The van der Waals surface area contributed by atoms with E-state index >= 15 is 0 Å². The van der Waals surface area contributed by atoms with Gasteiger partial charge < -0.3 is 20.1 Å². The Morgan fingerprint density at radius 1 is 1.30 bits per heavy atom. The third kappa shape index (κ3) is 3.91. The molecule has 0 saturated carbocycles. The van der Waals surface area contributed by atoms with E-state index in [9.17, 15) is 14.7 Å². The summed E-state index contributed by atoms with van der Waals surface area (Å²) in [5, 5.41) is 14.6. The van der Waals surface area contributed by atoms with Crippen LogP contribution in [0.1, 0.15) is 47.4 Å². The summed E-state index contributed by atoms with van der Waals surface area (Å²) in [4.78, 5) is 26.7. The monoisotopic (exact) mass is 409 g/mol. The van der Waals surface area contributed by atoms with Crippen LogP contribution in [0.5, 0.6) is 0 Å². The molecular weight excluding hydrogens is 382 g/mol. The Morgan fingerprint density at radius 3 is 2.80 bits per heavy atom. The molecule has 1 aromatic heterocycles. The first kappa shape index (κ1) is 20.4. The van der Waals surface area contributed by atoms with Crippen LogP contribution in [-0.2, 0) is 17.7 Å². The molecule has 0 radical (unpaired) electrons. The van der Waals surface area contributed by atoms with Crippen molar-refractivity contribution in [2.24, 2.45) is 0 Å². The standard InChI is InChI=1S/C23H27N3O4/c1-14(6-7-15-8-10-16(11-9-15)22(28)30-2)24-19-12-13-26-20-17(21(19)27)4-3-5-18(20)25-23(26)29/h3-5,8-11,14,19,21,24,27H,6-7,12-13H2,1-2H3,(H,25,29)/t14-,19-,21?/m1/s1. The summed E-state index contributed by atoms with van der Waals surface area (Å²) < 4.78 is 6.45. The first-order valence-corrected chi connectivity index (χ1v) is 10.3. The molecule has 4 rings (SSSR count). The number of imidazole rings is 1. The smallest absolute Gasteiger partial charge is 0.337 e. The average molecular weight is 409 g/mol. The summed E-state index contributed by atoms with van der Waals surface area (Å²) in [6.45, 7) is 2.67. The number of methoxy groups -OCH3 is 1. The van der Waals surface area contributed by atoms with E-state index in [2.05, 4.69) is 17.2 Å². The highest BCUT2D eigenvalue weighted by molar-refractivity contribution is 5.89. The van der Waals surface area contributed by atoms with E-state index in [0.29, 0.717) is 18.5 Å². The van der Waals surface area contributed by atoms with Gasteiger partial charge in [0.25, 0.3) is 0 Å². The summed E-state index contributed by atoms with van der Waals surface area (Å²) in [7, 11) is 1.37. The fourth-order valence-corrected chi connectivity index (χ4v) is 4.27. The molecule has 0 fully saturated rings. The molecule has 0 bridgehead atoms. The normalized spacial score (nSPS) is 19.4. The Bertz CT molecular complexity index is 1100. The molecule has 2 aromatic carbocycles. The van der Waals surface area contributed by atoms with Crippen molar-refractivity contribution in [3.63, 3.8) is 0 Å². The van der Waals surface area contributed by atoms with Gasteiger partial charge in [0, 0.05) is 24.2 Å². The average Bonchev–Trinajstić information content (AvgIpc) is 3.01. The molecule has 2 heterocycles. The SMILES string of the molecule is COC(=O)c1ccc(CC[C@@H](C)N[C@@H]2CCn3c(=O)[nH]c4cccc(c43)C2O)cc1. The van der Waals surface area contributed by atoms with Crippen molar-refractivity contribution < 1.29 is 14.6 Å². The minimum Gasteiger partial charge on any atom is -0.465 e. The third-order valence-electron chi connectivity index (χ3n) is 5.93. The number of ether oxygens (including phenoxy) is 1. The highest BCUT2D eigenvalue weighted by atomic mass is 16.5. The highest BCUT2D eigenvalue weighted by Gasteiger charge is 2.29. The Labute approximate surface area is 174 Å². The van der Waals surface area contributed by atoms with Crippen molar-refractivity contribution in [3.8, 4) is 0 Å². The minimum absolute atomic E-state index is 0.131. The number of aryl methyl sites for hydroxylation is 2. The van der Waals surface area contributed by atoms with Crippen molar-refractivity contribution in [2.45, 2.75) is 50.9 Å². The van der Waals surface area contributed by atoms with Gasteiger partial charge in [-0.1, -0.05) is 24.3 Å². The van der Waals surface area contributed by atoms with E-state index in [1.54, 1.807) is 16.7 Å². The quantitative estimate of drug-likeness (QED) is 0.544. The van der Waals surface area contributed by atoms with Crippen LogP contribution in [-0.4, -0.2) is 39.8 Å². The lowest BCUT2D eigenvalue weighted by Gasteiger charge is -2.26. The second-order valence-corrected chi connectivity index (χ2v) is 7.96. The number of hydrogen-bond donors (Lipinski definition) is 3. The van der Waals surface area contributed by atoms with Gasteiger partial charge in [-0.25, -0.2) is 9.59 Å². The van der Waals surface area contributed by atoms with E-state index in [-0.39, 0.29) is 23.7 Å². The number of aromatic nitrogens is 2. The number of benzene rings is 2. The molecule has 158 valence electrons. The van der Waals surface area contributed by atoms with E-state index in [4.69, 9.17) is 4.74 Å². The number of para-hydroxylation sites is 1. The molecular formula is C23H27N3O4. The van der Waals surface area contributed by atoms with Crippen LogP contribution in [0.15, 0.2) is 47.3 Å². The number of carbonyl (C=O) groups excluding carboxylic acids is 1. The van der Waals surface area contributed by atoms with Crippen LogP contribution in [0.25, 0.3) is 11.0 Å². The van der Waals surface area contributed by atoms with Gasteiger partial charge in [0.1, 0.15) is 0 Å². The number of hydrogen-bond acceptors (Lipinski definition) is 5. The maximum Gasteiger partial charge on any atom is 0.337 e. The van der Waals surface area contributed by atoms with Crippen molar-refractivity contribution in [1.82, 2.24) is 14.9 Å². The Balaban J connectivity index is 1.40. The first-order valence-electron chi connectivity index (χ1n) is 10.3. The van der Waals surface area contributed by atoms with Gasteiger partial charge in [0.05, 0.1) is 29.8 Å². The van der Waals surface area contributed by atoms with Gasteiger partial charge in [0.15, 0.2) is 0 Å². The number of aromatic amines is 1. The first-order chi connectivity index (χ1) is 14.5. The zero-order valence-corrected chi connectivity index (χ0v) is 17.2. The topological polar surface area (TPSA) is 96.4 Å². The van der Waals surface area contributed by atoms with Crippen molar-refractivity contribution in [2.75, 3.05) is 7.11 Å². The van der Waals surface area contributed by atoms with Crippen LogP contribution in [0.4, 0.5) is 0 Å². The molecule has 0 aliphatic carbocycles. The lowest BCUT2D eigenvalue weighted by molar-refractivity contribution is 0.0600. The summed E-state index contributed by atoms with van der Waals surface area (Å²) >= 11 is 0. The molecule has 1 aliphatic heterocycles. The second-order valence-electron chi connectivity index (χ2n) is 7.96. The van der Waals surface area contributed by atoms with Gasteiger partial charge in [-0.2, -0.15) is 0 Å². The van der Waals surface area contributed by atoms with Crippen LogP contribution in [0, 0.1) is 0 Å². The van der Waals surface area contributed by atoms with E-state index in [1.165, 1.54) is 7.11 Å². The predicted octanol–water partition coefficient (Wildman–Crippen LogP) is 2.53. The zero-order valence-electron chi connectivity index (χ0n) is 17.2. The molecule has 1 aliphatic rings. The fourth-order valence-electron chi connectivity index (χ4n) is 4.27. The molecule has 7 heteroatoms. The summed E-state index contributed by atoms with van der Waals surface area (Å²) in [6.07, 6.45) is 1.73. The number of carbonyl (C=O) groups is 1.